The summed E-state index contributed by atoms with van der Waals surface area (Å²) in [4.78, 5) is 88.5. The number of benzene rings is 2. The van der Waals surface area contributed by atoms with Gasteiger partial charge in [0, 0.05) is 62.4 Å². The van der Waals surface area contributed by atoms with Gasteiger partial charge >= 0.3 is 18.2 Å². The van der Waals surface area contributed by atoms with E-state index in [1.165, 1.54) is 30.8 Å². The number of alkyl carbamates (subject to hydrolysis) is 2. The Kier molecular flexibility index (Phi) is 15.6. The zero-order valence-corrected chi connectivity index (χ0v) is 43.1. The van der Waals surface area contributed by atoms with Crippen LogP contribution in [0.15, 0.2) is 70.3 Å². The predicted molar refractivity (Wildman–Crippen MR) is 276 cm³/mol. The molecule has 22 heteroatoms. The number of nitrogens with two attached hydrogens (primary N) is 1. The molecule has 0 aliphatic carbocycles. The van der Waals surface area contributed by atoms with E-state index >= 15 is 0 Å². The van der Waals surface area contributed by atoms with Crippen molar-refractivity contribution in [2.24, 2.45) is 19.8 Å². The van der Waals surface area contributed by atoms with E-state index in [1.54, 1.807) is 16.7 Å². The van der Waals surface area contributed by atoms with E-state index in [-0.39, 0.29) is 35.6 Å². The van der Waals surface area contributed by atoms with Crippen molar-refractivity contribution in [2.75, 3.05) is 36.0 Å². The number of anilines is 2. The maximum absolute atomic E-state index is 13.4. The minimum absolute atomic E-state index is 0.0737. The van der Waals surface area contributed by atoms with Crippen molar-refractivity contribution in [1.29, 1.82) is 0 Å². The number of hydrogen-bond acceptors (Lipinski definition) is 12. The van der Waals surface area contributed by atoms with Crippen molar-refractivity contribution in [1.82, 2.24) is 38.9 Å². The van der Waals surface area contributed by atoms with E-state index in [2.05, 4.69) is 10.6 Å². The lowest BCUT2D eigenvalue weighted by Gasteiger charge is -2.34. The molecule has 384 valence electrons. The van der Waals surface area contributed by atoms with E-state index in [0.29, 0.717) is 76.7 Å². The molecule has 5 N–H and O–H groups in total. The molecule has 2 atom stereocenters. The number of aromatic carboxylic acids is 1. The number of hydrogen-bond donors (Lipinski definition) is 4. The number of rotatable bonds is 10. The highest BCUT2D eigenvalue weighted by Crippen LogP contribution is 2.30. The minimum Gasteiger partial charge on any atom is -0.477 e. The van der Waals surface area contributed by atoms with Crippen LogP contribution in [0.2, 0.25) is 10.0 Å². The molecule has 2 aliphatic rings. The van der Waals surface area contributed by atoms with Gasteiger partial charge in [0.2, 0.25) is 11.9 Å². The molecule has 2 fully saturated rings. The first-order valence-corrected chi connectivity index (χ1v) is 24.3. The molecule has 3 amide bonds. The summed E-state index contributed by atoms with van der Waals surface area (Å²) in [5.74, 6) is -0.851. The number of ether oxygens (including phenoxy) is 2. The third-order valence-corrected chi connectivity index (χ3v) is 12.9. The average Bonchev–Trinajstić information content (AvgIpc) is 3.84. The monoisotopic (exact) mass is 1030 g/mol. The average molecular weight is 1030 g/mol. The molecule has 0 unspecified atom stereocenters. The summed E-state index contributed by atoms with van der Waals surface area (Å²) in [6.07, 6.45) is 2.19. The Morgan fingerprint density at radius 1 is 0.681 bits per heavy atom. The molecule has 4 aromatic heterocycles. The number of halogens is 2. The van der Waals surface area contributed by atoms with Gasteiger partial charge in [-0.1, -0.05) is 59.6 Å². The first-order valence-electron chi connectivity index (χ1n) is 23.6. The van der Waals surface area contributed by atoms with Gasteiger partial charge in [-0.3, -0.25) is 14.4 Å². The lowest BCUT2D eigenvalue weighted by Crippen LogP contribution is -2.49. The van der Waals surface area contributed by atoms with Crippen molar-refractivity contribution >= 4 is 81.2 Å². The number of carbonyl (C=O) groups excluding carboxylic acids is 3. The fourth-order valence-corrected chi connectivity index (χ4v) is 9.27. The fraction of sp³-hybridized carbons (Fsp3) is 0.440. The van der Waals surface area contributed by atoms with Crippen LogP contribution in [0.3, 0.4) is 0 Å². The second-order valence-electron chi connectivity index (χ2n) is 20.0. The Morgan fingerprint density at radius 2 is 1.07 bits per heavy atom. The number of aromatic nitrogens is 6. The molecule has 8 rings (SSSR count). The normalized spacial score (nSPS) is 16.2. The van der Waals surface area contributed by atoms with Crippen LogP contribution in [-0.4, -0.2) is 107 Å². The number of carboxylic acid groups (broad SMARTS) is 1. The fourth-order valence-electron chi connectivity index (χ4n) is 8.88. The number of carbonyl (C=O) groups is 4. The summed E-state index contributed by atoms with van der Waals surface area (Å²) in [5, 5.41) is 16.6. The number of nitrogens with zero attached hydrogens (tertiary/aromatic N) is 8. The summed E-state index contributed by atoms with van der Waals surface area (Å²) in [6, 6.07) is 17.3. The van der Waals surface area contributed by atoms with E-state index in [0.717, 1.165) is 41.4 Å². The number of piperidine rings is 2. The lowest BCUT2D eigenvalue weighted by atomic mass is 10.1. The quantitative estimate of drug-likeness (QED) is 0.112. The molecule has 20 nitrogen and oxygen atoms in total. The molecule has 0 saturated carbocycles. The third-order valence-electron chi connectivity index (χ3n) is 12.1. The zero-order chi connectivity index (χ0) is 52.4. The van der Waals surface area contributed by atoms with Gasteiger partial charge in [0.15, 0.2) is 0 Å². The van der Waals surface area contributed by atoms with Gasteiger partial charge in [0.1, 0.15) is 33.6 Å². The molecule has 6 aromatic rings. The van der Waals surface area contributed by atoms with Crippen molar-refractivity contribution in [3.05, 3.63) is 114 Å². The van der Waals surface area contributed by atoms with Crippen LogP contribution < -0.4 is 37.3 Å². The highest BCUT2D eigenvalue weighted by Gasteiger charge is 2.31. The maximum atomic E-state index is 13.4. The van der Waals surface area contributed by atoms with Crippen molar-refractivity contribution in [2.45, 2.75) is 104 Å². The summed E-state index contributed by atoms with van der Waals surface area (Å²) >= 11 is 12.9. The van der Waals surface area contributed by atoms with Crippen molar-refractivity contribution < 1.29 is 33.8 Å². The van der Waals surface area contributed by atoms with Gasteiger partial charge in [0.25, 0.3) is 17.0 Å². The Hall–Kier alpha value is -7.06. The number of primary amides is 1. The maximum Gasteiger partial charge on any atom is 0.407 e. The van der Waals surface area contributed by atoms with Crippen LogP contribution in [0.1, 0.15) is 99.3 Å². The van der Waals surface area contributed by atoms with Crippen LogP contribution >= 0.6 is 23.2 Å². The Labute approximate surface area is 425 Å². The number of nitrogens with one attached hydrogen (secondary N) is 2. The van der Waals surface area contributed by atoms with Gasteiger partial charge in [-0.05, 0) is 103 Å². The molecule has 0 bridgehead atoms. The second kappa shape index (κ2) is 21.3. The smallest absolute Gasteiger partial charge is 0.407 e. The predicted octanol–water partition coefficient (Wildman–Crippen LogP) is 6.66. The van der Waals surface area contributed by atoms with Crippen LogP contribution in [0.25, 0.3) is 22.1 Å². The van der Waals surface area contributed by atoms with Crippen molar-refractivity contribution in [3.8, 4) is 0 Å². The zero-order valence-electron chi connectivity index (χ0n) is 41.6. The molecule has 6 heterocycles. The Bertz CT molecular complexity index is 2960. The van der Waals surface area contributed by atoms with Crippen LogP contribution in [-0.2, 0) is 36.7 Å². The standard InChI is InChI=1S/C25H31ClN6O4.C25H30ClN5O5/c1-25(2,3)36-24(35)28-16-9-7-11-31(14-16)23-29-18-12-19(21(27)33)30(4)22(34)20(18)32(23)13-15-8-5-6-10-17(15)26;1-25(2,3)36-24(35)27-16-9-7-11-30(14-16)23-28-18-12-19(22(33)34)29(4)21(32)20(18)31(23)13-15-8-5-6-10-17(15)26/h5-6,8,10,12,16H,7,9,11,13-14H2,1-4H3,(H2,27,33)(H,28,35);5-6,8,10,12,16H,7,9,11,13-14H2,1-4H3,(H,27,35)(H,33,34)/t2*16-/m11/s1. The van der Waals surface area contributed by atoms with Gasteiger partial charge in [-0.25, -0.2) is 24.4 Å². The van der Waals surface area contributed by atoms with Gasteiger partial charge in [-0.15, -0.1) is 0 Å². The van der Waals surface area contributed by atoms with Gasteiger partial charge in [-0.2, -0.15) is 0 Å². The molecule has 0 radical (unpaired) electrons. The third kappa shape index (κ3) is 12.2. The number of carboxylic acids is 1. The SMILES string of the molecule is Cn1c(C(=O)O)cc2nc(N3CCC[C@@H](NC(=O)OC(C)(C)C)C3)n(Cc3ccccc3Cl)c2c1=O.Cn1c(C(N)=O)cc2nc(N3CCC[C@@H](NC(=O)OC(C)(C)C)C3)n(Cc3ccccc3Cl)c2c1=O. The number of fused-ring (bicyclic) bond motifs is 2. The topological polar surface area (TPSA) is 243 Å². The van der Waals surface area contributed by atoms with E-state index in [1.807, 2.05) is 92.3 Å². The van der Waals surface area contributed by atoms with Gasteiger partial charge in [0.05, 0.1) is 24.1 Å². The molecule has 2 aliphatic heterocycles. The highest BCUT2D eigenvalue weighted by atomic mass is 35.5. The molecule has 72 heavy (non-hydrogen) atoms. The molecule has 2 saturated heterocycles. The van der Waals surface area contributed by atoms with Crippen LogP contribution in [0, 0.1) is 0 Å². The largest absolute Gasteiger partial charge is 0.477 e. The summed E-state index contributed by atoms with van der Waals surface area (Å²) < 4.78 is 16.8. The van der Waals surface area contributed by atoms with E-state index in [9.17, 15) is 33.9 Å². The Balaban J connectivity index is 0.000000211. The van der Waals surface area contributed by atoms with Crippen LogP contribution in [0.4, 0.5) is 21.5 Å². The number of imidazole rings is 2. The summed E-state index contributed by atoms with van der Waals surface area (Å²) in [6.45, 7) is 13.7. The first kappa shape index (κ1) is 52.8. The van der Waals surface area contributed by atoms with Crippen molar-refractivity contribution in [3.63, 3.8) is 0 Å². The molecule has 0 spiro atoms. The first-order chi connectivity index (χ1) is 33.9. The van der Waals surface area contributed by atoms with Gasteiger partial charge < -0.3 is 59.0 Å². The minimum atomic E-state index is -1.21. The summed E-state index contributed by atoms with van der Waals surface area (Å²) in [5.41, 5.74) is 6.29. The summed E-state index contributed by atoms with van der Waals surface area (Å²) in [7, 11) is 2.94. The second-order valence-corrected chi connectivity index (χ2v) is 20.8. The Morgan fingerprint density at radius 3 is 1.44 bits per heavy atom. The van der Waals surface area contributed by atoms with Crippen LogP contribution in [0.5, 0.6) is 0 Å². The molecular formula is C50H61Cl2N11O9. The van der Waals surface area contributed by atoms with E-state index < -0.39 is 40.8 Å². The number of pyridine rings is 2. The molecule has 2 aromatic carbocycles. The highest BCUT2D eigenvalue weighted by molar-refractivity contribution is 6.31. The number of amides is 3. The molecular weight excluding hydrogens is 970 g/mol. The lowest BCUT2D eigenvalue weighted by molar-refractivity contribution is 0.0488. The van der Waals surface area contributed by atoms with E-state index in [4.69, 9.17) is 48.4 Å².